The van der Waals surface area contributed by atoms with E-state index in [2.05, 4.69) is 10.1 Å². The Morgan fingerprint density at radius 3 is 2.59 bits per heavy atom. The molecule has 4 aromatic rings. The Kier molecular flexibility index (Phi) is 4.38. The molecule has 1 atom stereocenters. The van der Waals surface area contributed by atoms with Gasteiger partial charge in [-0.2, -0.15) is 0 Å². The Balaban J connectivity index is 1.58. The number of halogens is 2. The molecule has 2 aromatic carbocycles. The largest absolute Gasteiger partial charge is 0.375 e. The van der Waals surface area contributed by atoms with Crippen LogP contribution in [0.4, 0.5) is 20.2 Å². The Morgan fingerprint density at radius 1 is 1.06 bits per heavy atom. The van der Waals surface area contributed by atoms with Gasteiger partial charge in [-0.3, -0.25) is 19.5 Å². The zero-order chi connectivity index (χ0) is 22.6. The minimum absolute atomic E-state index is 0.139. The van der Waals surface area contributed by atoms with Crippen molar-refractivity contribution in [3.63, 3.8) is 0 Å². The SMILES string of the molecule is CC1(O)C(=O)N(c2cncc(Cc3nn(F)c(=O)c4ccccc34)c2)c2ccc(F)cc21. The molecule has 1 amide bonds. The third kappa shape index (κ3) is 2.97. The molecular formula is C23H16F2N4O3. The number of fused-ring (bicyclic) bond motifs is 2. The minimum atomic E-state index is -1.89. The van der Waals surface area contributed by atoms with Crippen LogP contribution in [0.25, 0.3) is 10.8 Å². The highest BCUT2D eigenvalue weighted by Gasteiger charge is 2.47. The van der Waals surface area contributed by atoms with Crippen LogP contribution in [-0.4, -0.2) is 26.0 Å². The average molecular weight is 434 g/mol. The van der Waals surface area contributed by atoms with Crippen molar-refractivity contribution in [2.45, 2.75) is 18.9 Å². The number of benzene rings is 2. The number of carbonyl (C=O) groups is 1. The standard InChI is InChI=1S/C23H16F2N4O3/c1-23(32)18-10-14(24)6-7-20(18)28(22(23)31)15-8-13(11-26-12-15)9-19-16-4-2-3-5-17(16)21(30)29(25)27-19/h2-8,10-12,32H,9H2,1H3. The Morgan fingerprint density at radius 2 is 1.81 bits per heavy atom. The maximum Gasteiger partial charge on any atom is 0.305 e. The van der Waals surface area contributed by atoms with Crippen molar-refractivity contribution in [2.24, 2.45) is 0 Å². The molecule has 5 rings (SSSR count). The second kappa shape index (κ2) is 7.03. The molecule has 7 nitrogen and oxygen atoms in total. The number of carbonyl (C=O) groups excluding carboxylic acids is 1. The van der Waals surface area contributed by atoms with Crippen LogP contribution in [0.3, 0.4) is 0 Å². The van der Waals surface area contributed by atoms with Gasteiger partial charge in [-0.05, 0) is 42.8 Å². The van der Waals surface area contributed by atoms with Crippen molar-refractivity contribution in [2.75, 3.05) is 4.90 Å². The van der Waals surface area contributed by atoms with Crippen LogP contribution in [-0.2, 0) is 16.8 Å². The lowest BCUT2D eigenvalue weighted by molar-refractivity contribution is -0.133. The summed E-state index contributed by atoms with van der Waals surface area (Å²) in [6.07, 6.45) is 3.12. The third-order valence-corrected chi connectivity index (χ3v) is 5.60. The quantitative estimate of drug-likeness (QED) is 0.535. The van der Waals surface area contributed by atoms with Gasteiger partial charge in [0.15, 0.2) is 5.60 Å². The molecule has 0 spiro atoms. The predicted molar refractivity (Wildman–Crippen MR) is 113 cm³/mol. The monoisotopic (exact) mass is 434 g/mol. The molecule has 3 heterocycles. The van der Waals surface area contributed by atoms with Gasteiger partial charge >= 0.3 is 5.56 Å². The van der Waals surface area contributed by atoms with E-state index in [-0.39, 0.29) is 22.3 Å². The van der Waals surface area contributed by atoms with E-state index in [9.17, 15) is 23.6 Å². The van der Waals surface area contributed by atoms with Crippen LogP contribution in [0.1, 0.15) is 23.7 Å². The van der Waals surface area contributed by atoms with Crippen molar-refractivity contribution in [3.05, 3.63) is 93.9 Å². The molecule has 0 bridgehead atoms. The minimum Gasteiger partial charge on any atom is -0.375 e. The van der Waals surface area contributed by atoms with Crippen molar-refractivity contribution < 1.29 is 18.8 Å². The molecule has 0 radical (unpaired) electrons. The van der Waals surface area contributed by atoms with Gasteiger partial charge in [0.05, 0.1) is 28.7 Å². The molecule has 1 aliphatic heterocycles. The van der Waals surface area contributed by atoms with Crippen LogP contribution < -0.4 is 10.5 Å². The number of aliphatic hydroxyl groups is 1. The van der Waals surface area contributed by atoms with E-state index in [0.717, 1.165) is 6.07 Å². The second-order valence-electron chi connectivity index (χ2n) is 7.76. The zero-order valence-electron chi connectivity index (χ0n) is 16.8. The first kappa shape index (κ1) is 20.0. The Labute approximate surface area is 180 Å². The molecule has 160 valence electrons. The van der Waals surface area contributed by atoms with E-state index in [1.165, 1.54) is 42.4 Å². The summed E-state index contributed by atoms with van der Waals surface area (Å²) < 4.78 is 27.8. The molecule has 9 heteroatoms. The fourth-order valence-electron chi connectivity index (χ4n) is 4.03. The maximum absolute atomic E-state index is 14.0. The molecule has 0 fully saturated rings. The Hall–Kier alpha value is -3.98. The molecule has 1 N–H and O–H groups in total. The van der Waals surface area contributed by atoms with Gasteiger partial charge < -0.3 is 5.11 Å². The maximum atomic E-state index is 14.0. The van der Waals surface area contributed by atoms with Crippen molar-refractivity contribution in [3.8, 4) is 0 Å². The van der Waals surface area contributed by atoms with Crippen molar-refractivity contribution in [1.29, 1.82) is 0 Å². The van der Waals surface area contributed by atoms with Gasteiger partial charge in [0.1, 0.15) is 5.82 Å². The number of anilines is 2. The van der Waals surface area contributed by atoms with Crippen LogP contribution >= 0.6 is 0 Å². The first-order chi connectivity index (χ1) is 15.3. The number of nitrogens with zero attached hydrogens (tertiary/aromatic N) is 4. The lowest BCUT2D eigenvalue weighted by Crippen LogP contribution is -2.35. The summed E-state index contributed by atoms with van der Waals surface area (Å²) in [5.41, 5.74) is -0.951. The highest BCUT2D eigenvalue weighted by atomic mass is 19.2. The van der Waals surface area contributed by atoms with E-state index >= 15 is 0 Å². The summed E-state index contributed by atoms with van der Waals surface area (Å²) in [6.45, 7) is 1.31. The van der Waals surface area contributed by atoms with Gasteiger partial charge in [-0.15, -0.1) is 5.10 Å². The topological polar surface area (TPSA) is 88.3 Å². The number of hydrogen-bond acceptors (Lipinski definition) is 5. The lowest BCUT2D eigenvalue weighted by atomic mass is 9.98. The molecule has 32 heavy (non-hydrogen) atoms. The van der Waals surface area contributed by atoms with Crippen LogP contribution in [0.5, 0.6) is 0 Å². The first-order valence-electron chi connectivity index (χ1n) is 9.75. The summed E-state index contributed by atoms with van der Waals surface area (Å²) in [5, 5.41) is 15.2. The first-order valence-corrected chi connectivity index (χ1v) is 9.75. The average Bonchev–Trinajstić information content (AvgIpc) is 2.97. The molecule has 1 aliphatic rings. The number of amides is 1. The predicted octanol–water partition coefficient (Wildman–Crippen LogP) is 3.14. The lowest BCUT2D eigenvalue weighted by Gasteiger charge is -2.20. The van der Waals surface area contributed by atoms with Gasteiger partial charge in [0, 0.05) is 23.6 Å². The van der Waals surface area contributed by atoms with Gasteiger partial charge in [-0.1, -0.05) is 27.6 Å². The molecule has 0 saturated carbocycles. The highest BCUT2D eigenvalue weighted by Crippen LogP contribution is 2.44. The summed E-state index contributed by atoms with van der Waals surface area (Å²) in [4.78, 5) is 30.2. The normalized spacial score (nSPS) is 17.8. The van der Waals surface area contributed by atoms with Gasteiger partial charge in [0.2, 0.25) is 0 Å². The van der Waals surface area contributed by atoms with E-state index < -0.39 is 22.9 Å². The molecule has 2 aromatic heterocycles. The molecule has 0 saturated heterocycles. The van der Waals surface area contributed by atoms with Crippen LogP contribution in [0.2, 0.25) is 0 Å². The van der Waals surface area contributed by atoms with Gasteiger partial charge in [-0.25, -0.2) is 4.39 Å². The Bertz CT molecular complexity index is 1470. The van der Waals surface area contributed by atoms with Crippen LogP contribution in [0, 0.1) is 5.82 Å². The second-order valence-corrected chi connectivity index (χ2v) is 7.76. The fraction of sp³-hybridized carbons (Fsp3) is 0.130. The van der Waals surface area contributed by atoms with E-state index in [4.69, 9.17) is 0 Å². The number of aromatic nitrogens is 3. The third-order valence-electron chi connectivity index (χ3n) is 5.60. The van der Waals surface area contributed by atoms with Crippen LogP contribution in [0.15, 0.2) is 65.7 Å². The summed E-state index contributed by atoms with van der Waals surface area (Å²) in [5.74, 6) is -1.21. The highest BCUT2D eigenvalue weighted by molar-refractivity contribution is 6.11. The summed E-state index contributed by atoms with van der Waals surface area (Å²) in [7, 11) is 0. The van der Waals surface area contributed by atoms with E-state index in [1.807, 2.05) is 0 Å². The number of hydrogen-bond donors (Lipinski definition) is 1. The molecular weight excluding hydrogens is 418 g/mol. The van der Waals surface area contributed by atoms with E-state index in [0.29, 0.717) is 28.0 Å². The molecule has 1 unspecified atom stereocenters. The smallest absolute Gasteiger partial charge is 0.305 e. The number of pyridine rings is 1. The fourth-order valence-corrected chi connectivity index (χ4v) is 4.03. The van der Waals surface area contributed by atoms with Gasteiger partial charge in [0.25, 0.3) is 5.91 Å². The summed E-state index contributed by atoms with van der Waals surface area (Å²) in [6, 6.07) is 12.0. The summed E-state index contributed by atoms with van der Waals surface area (Å²) >= 11 is 0. The van der Waals surface area contributed by atoms with Crippen molar-refractivity contribution in [1.82, 2.24) is 15.0 Å². The van der Waals surface area contributed by atoms with Crippen molar-refractivity contribution >= 4 is 28.1 Å². The van der Waals surface area contributed by atoms with E-state index in [1.54, 1.807) is 24.3 Å². The zero-order valence-corrected chi connectivity index (χ0v) is 16.8. The number of rotatable bonds is 3. The molecule has 0 aliphatic carbocycles.